The van der Waals surface area contributed by atoms with Gasteiger partial charge in [0.25, 0.3) is 5.91 Å². The SMILES string of the molecule is C[C@H]1CN([C@@H](C)CO)C(=O)c2cc(C#CCN(C)C)cnc2O[C@H]1CN(C)Cc1ccc(F)cc1. The Morgan fingerprint density at radius 3 is 2.66 bits per heavy atom. The molecule has 0 unspecified atom stereocenters. The van der Waals surface area contributed by atoms with Gasteiger partial charge in [-0.2, -0.15) is 0 Å². The summed E-state index contributed by atoms with van der Waals surface area (Å²) in [4.78, 5) is 23.7. The number of ether oxygens (including phenoxy) is 1. The number of carbonyl (C=O) groups excluding carboxylic acids is 1. The first-order chi connectivity index (χ1) is 16.7. The molecule has 1 aliphatic heterocycles. The van der Waals surface area contributed by atoms with Gasteiger partial charge in [0.1, 0.15) is 17.5 Å². The molecule has 188 valence electrons. The zero-order valence-corrected chi connectivity index (χ0v) is 21.2. The number of hydrogen-bond donors (Lipinski definition) is 1. The van der Waals surface area contributed by atoms with Crippen molar-refractivity contribution in [3.63, 3.8) is 0 Å². The van der Waals surface area contributed by atoms with E-state index < -0.39 is 0 Å². The van der Waals surface area contributed by atoms with Gasteiger partial charge in [0, 0.05) is 37.3 Å². The van der Waals surface area contributed by atoms with E-state index in [0.717, 1.165) is 5.56 Å². The van der Waals surface area contributed by atoms with Gasteiger partial charge < -0.3 is 14.7 Å². The molecule has 1 aliphatic rings. The summed E-state index contributed by atoms with van der Waals surface area (Å²) in [5.74, 6) is 5.90. The van der Waals surface area contributed by atoms with Gasteiger partial charge in [0.2, 0.25) is 5.88 Å². The van der Waals surface area contributed by atoms with E-state index in [9.17, 15) is 14.3 Å². The molecule has 1 amide bonds. The van der Waals surface area contributed by atoms with E-state index in [1.165, 1.54) is 12.1 Å². The number of carbonyl (C=O) groups is 1. The number of aliphatic hydroxyl groups excluding tert-OH is 1. The van der Waals surface area contributed by atoms with Crippen LogP contribution >= 0.6 is 0 Å². The van der Waals surface area contributed by atoms with Crippen LogP contribution in [0.25, 0.3) is 0 Å². The summed E-state index contributed by atoms with van der Waals surface area (Å²) in [7, 11) is 5.86. The Morgan fingerprint density at radius 2 is 2.00 bits per heavy atom. The summed E-state index contributed by atoms with van der Waals surface area (Å²) < 4.78 is 19.6. The third-order valence-electron chi connectivity index (χ3n) is 6.01. The first kappa shape index (κ1) is 26.6. The highest BCUT2D eigenvalue weighted by Gasteiger charge is 2.34. The van der Waals surface area contributed by atoms with Crippen molar-refractivity contribution < 1.29 is 19.0 Å². The monoisotopic (exact) mass is 482 g/mol. The fraction of sp³-hybridized carbons (Fsp3) is 0.481. The number of benzene rings is 1. The number of nitrogens with zero attached hydrogens (tertiary/aromatic N) is 4. The maximum atomic E-state index is 13.5. The summed E-state index contributed by atoms with van der Waals surface area (Å²) in [6.07, 6.45) is 1.37. The lowest BCUT2D eigenvalue weighted by atomic mass is 9.99. The van der Waals surface area contributed by atoms with Gasteiger partial charge in [-0.15, -0.1) is 0 Å². The van der Waals surface area contributed by atoms with Crippen molar-refractivity contribution in [3.8, 4) is 17.7 Å². The van der Waals surface area contributed by atoms with Gasteiger partial charge in [0.05, 0.1) is 19.2 Å². The predicted octanol–water partition coefficient (Wildman–Crippen LogP) is 2.49. The van der Waals surface area contributed by atoms with Crippen molar-refractivity contribution in [1.29, 1.82) is 0 Å². The minimum Gasteiger partial charge on any atom is -0.472 e. The van der Waals surface area contributed by atoms with Crippen LogP contribution in [0.2, 0.25) is 0 Å². The number of amides is 1. The number of likely N-dealkylation sites (N-methyl/N-ethyl adjacent to an activating group) is 1. The molecule has 2 heterocycles. The molecule has 0 saturated heterocycles. The van der Waals surface area contributed by atoms with E-state index in [4.69, 9.17) is 4.74 Å². The first-order valence-corrected chi connectivity index (χ1v) is 11.8. The molecule has 7 nitrogen and oxygen atoms in total. The number of rotatable bonds is 7. The van der Waals surface area contributed by atoms with Crippen LogP contribution in [0.4, 0.5) is 4.39 Å². The van der Waals surface area contributed by atoms with Crippen molar-refractivity contribution in [2.24, 2.45) is 5.92 Å². The summed E-state index contributed by atoms with van der Waals surface area (Å²) >= 11 is 0. The average molecular weight is 483 g/mol. The third kappa shape index (κ3) is 7.25. The maximum absolute atomic E-state index is 13.5. The molecule has 0 bridgehead atoms. The number of aromatic nitrogens is 1. The molecule has 3 rings (SSSR count). The van der Waals surface area contributed by atoms with Crippen molar-refractivity contribution in [2.45, 2.75) is 32.5 Å². The van der Waals surface area contributed by atoms with Crippen LogP contribution in [-0.4, -0.2) is 90.2 Å². The molecular weight excluding hydrogens is 447 g/mol. The van der Waals surface area contributed by atoms with E-state index in [2.05, 4.69) is 21.7 Å². The Bertz CT molecular complexity index is 1060. The normalized spacial score (nSPS) is 18.9. The largest absolute Gasteiger partial charge is 0.472 e. The predicted molar refractivity (Wildman–Crippen MR) is 134 cm³/mol. The minimum atomic E-state index is -0.350. The number of pyridine rings is 1. The number of fused-ring (bicyclic) bond motifs is 1. The van der Waals surface area contributed by atoms with Crippen molar-refractivity contribution >= 4 is 5.91 Å². The van der Waals surface area contributed by atoms with E-state index in [-0.39, 0.29) is 42.3 Å². The number of aliphatic hydroxyl groups is 1. The van der Waals surface area contributed by atoms with E-state index in [1.807, 2.05) is 39.9 Å². The zero-order chi connectivity index (χ0) is 25.5. The van der Waals surface area contributed by atoms with E-state index in [0.29, 0.717) is 37.3 Å². The molecule has 8 heteroatoms. The topological polar surface area (TPSA) is 69.1 Å². The van der Waals surface area contributed by atoms with Crippen LogP contribution in [0, 0.1) is 23.6 Å². The van der Waals surface area contributed by atoms with Gasteiger partial charge in [-0.3, -0.25) is 14.6 Å². The minimum absolute atomic E-state index is 0.0156. The lowest BCUT2D eigenvalue weighted by molar-refractivity contribution is 0.0325. The molecule has 1 aromatic heterocycles. The highest BCUT2D eigenvalue weighted by Crippen LogP contribution is 2.27. The lowest BCUT2D eigenvalue weighted by Gasteiger charge is -2.37. The second-order valence-electron chi connectivity index (χ2n) is 9.56. The number of halogens is 1. The highest BCUT2D eigenvalue weighted by atomic mass is 19.1. The third-order valence-corrected chi connectivity index (χ3v) is 6.01. The van der Waals surface area contributed by atoms with Crippen molar-refractivity contribution in [3.05, 3.63) is 59.0 Å². The van der Waals surface area contributed by atoms with Gasteiger partial charge >= 0.3 is 0 Å². The second-order valence-corrected chi connectivity index (χ2v) is 9.56. The summed E-state index contributed by atoms with van der Waals surface area (Å²) in [5, 5.41) is 9.82. The summed E-state index contributed by atoms with van der Waals surface area (Å²) in [5.41, 5.74) is 1.98. The summed E-state index contributed by atoms with van der Waals surface area (Å²) in [6.45, 7) is 5.96. The molecule has 35 heavy (non-hydrogen) atoms. The van der Waals surface area contributed by atoms with Gasteiger partial charge in [0.15, 0.2) is 0 Å². The van der Waals surface area contributed by atoms with Crippen LogP contribution in [0.1, 0.15) is 35.3 Å². The molecule has 0 saturated carbocycles. The van der Waals surface area contributed by atoms with Crippen LogP contribution < -0.4 is 4.74 Å². The lowest BCUT2D eigenvalue weighted by Crippen LogP contribution is -2.49. The van der Waals surface area contributed by atoms with Crippen LogP contribution in [0.5, 0.6) is 5.88 Å². The highest BCUT2D eigenvalue weighted by molar-refractivity contribution is 5.97. The van der Waals surface area contributed by atoms with Crippen LogP contribution in [-0.2, 0) is 6.54 Å². The Kier molecular flexibility index (Phi) is 9.21. The Hall–Kier alpha value is -2.99. The van der Waals surface area contributed by atoms with Gasteiger partial charge in [-0.05, 0) is 51.8 Å². The molecule has 0 radical (unpaired) electrons. The molecule has 3 atom stereocenters. The van der Waals surface area contributed by atoms with E-state index in [1.54, 1.807) is 29.3 Å². The molecule has 0 aliphatic carbocycles. The second kappa shape index (κ2) is 12.1. The van der Waals surface area contributed by atoms with E-state index >= 15 is 0 Å². The van der Waals surface area contributed by atoms with Gasteiger partial charge in [-0.1, -0.05) is 30.9 Å². The molecule has 2 aromatic rings. The first-order valence-electron chi connectivity index (χ1n) is 11.8. The van der Waals surface area contributed by atoms with Crippen molar-refractivity contribution in [2.75, 3.05) is 47.4 Å². The Morgan fingerprint density at radius 1 is 1.29 bits per heavy atom. The Labute approximate surface area is 207 Å². The Balaban J connectivity index is 1.88. The molecule has 0 spiro atoms. The molecule has 1 aromatic carbocycles. The standard InChI is InChI=1S/C27H35FN4O3/c1-19-15-32(20(2)18-33)27(34)24-13-22(7-6-12-30(3)4)14-29-26(24)35-25(19)17-31(5)16-21-8-10-23(28)11-9-21/h8-11,13-14,19-20,25,33H,12,15-18H2,1-5H3/t19-,20-,25-/m0/s1. The maximum Gasteiger partial charge on any atom is 0.259 e. The fourth-order valence-corrected chi connectivity index (χ4v) is 3.96. The number of hydrogen-bond acceptors (Lipinski definition) is 6. The molecule has 0 fully saturated rings. The van der Waals surface area contributed by atoms with Crippen molar-refractivity contribution in [1.82, 2.24) is 19.7 Å². The van der Waals surface area contributed by atoms with Crippen LogP contribution in [0.3, 0.4) is 0 Å². The molecular formula is C27H35FN4O3. The smallest absolute Gasteiger partial charge is 0.259 e. The van der Waals surface area contributed by atoms with Gasteiger partial charge in [-0.25, -0.2) is 9.37 Å². The average Bonchev–Trinajstić information content (AvgIpc) is 2.82. The molecule has 1 N–H and O–H groups in total. The quantitative estimate of drug-likeness (QED) is 0.612. The fourth-order valence-electron chi connectivity index (χ4n) is 3.96. The summed E-state index contributed by atoms with van der Waals surface area (Å²) in [6, 6.07) is 7.83. The zero-order valence-electron chi connectivity index (χ0n) is 21.2. The van der Waals surface area contributed by atoms with Crippen LogP contribution in [0.15, 0.2) is 36.5 Å².